The fourth-order valence-corrected chi connectivity index (χ4v) is 3.21. The number of hydrogen-bond donors (Lipinski definition) is 0. The van der Waals surface area contributed by atoms with Gasteiger partial charge in [0, 0.05) is 44.6 Å². The fraction of sp³-hybridized carbons (Fsp3) is 0.400. The van der Waals surface area contributed by atoms with Gasteiger partial charge < -0.3 is 14.5 Å². The Morgan fingerprint density at radius 1 is 1.18 bits per heavy atom. The van der Waals surface area contributed by atoms with Gasteiger partial charge in [0.25, 0.3) is 5.91 Å². The number of carbonyl (C=O) groups is 1. The van der Waals surface area contributed by atoms with Crippen molar-refractivity contribution in [3.8, 4) is 5.88 Å². The monoisotopic (exact) mass is 393 g/mol. The summed E-state index contributed by atoms with van der Waals surface area (Å²) in [6, 6.07) is 10.7. The van der Waals surface area contributed by atoms with Crippen molar-refractivity contribution in [2.24, 2.45) is 0 Å². The molecule has 0 unspecified atom stereocenters. The molecule has 28 heavy (non-hydrogen) atoms. The number of carbonyl (C=O) groups excluding carboxylic acids is 1. The first kappa shape index (κ1) is 20.0. The highest BCUT2D eigenvalue weighted by Crippen LogP contribution is 2.26. The van der Waals surface area contributed by atoms with E-state index in [1.54, 1.807) is 11.9 Å². The molecule has 0 bridgehead atoms. The number of amides is 1. The van der Waals surface area contributed by atoms with Gasteiger partial charge in [-0.3, -0.25) is 4.79 Å². The van der Waals surface area contributed by atoms with Crippen LogP contribution < -0.4 is 9.64 Å². The summed E-state index contributed by atoms with van der Waals surface area (Å²) in [5.74, 6) is -0.429. The van der Waals surface area contributed by atoms with Crippen molar-refractivity contribution in [2.45, 2.75) is 25.6 Å². The third-order valence-electron chi connectivity index (χ3n) is 4.56. The highest BCUT2D eigenvalue weighted by Gasteiger charge is 2.28. The molecule has 1 fully saturated rings. The molecule has 1 aromatic heterocycles. The maximum absolute atomic E-state index is 12.7. The van der Waals surface area contributed by atoms with Gasteiger partial charge in [0.05, 0.1) is 5.56 Å². The van der Waals surface area contributed by atoms with Crippen LogP contribution in [0.4, 0.5) is 18.9 Å². The average Bonchev–Trinajstić information content (AvgIpc) is 3.20. The topological polar surface area (TPSA) is 45.7 Å². The summed E-state index contributed by atoms with van der Waals surface area (Å²) < 4.78 is 41.1. The Hall–Kier alpha value is -2.77. The normalized spacial score (nSPS) is 14.2. The van der Waals surface area contributed by atoms with E-state index in [1.807, 2.05) is 18.2 Å². The summed E-state index contributed by atoms with van der Waals surface area (Å²) in [4.78, 5) is 20.3. The van der Waals surface area contributed by atoms with E-state index in [0.29, 0.717) is 12.1 Å². The van der Waals surface area contributed by atoms with Crippen LogP contribution in [-0.4, -0.2) is 48.7 Å². The second-order valence-electron chi connectivity index (χ2n) is 6.77. The van der Waals surface area contributed by atoms with Crippen molar-refractivity contribution < 1.29 is 22.7 Å². The van der Waals surface area contributed by atoms with E-state index in [4.69, 9.17) is 0 Å². The SMILES string of the molecule is CN(Cc1ccccc1N1CCCC1)C(=O)c1ccc(OCC(F)(F)F)nc1. The van der Waals surface area contributed by atoms with Gasteiger partial charge in [-0.15, -0.1) is 0 Å². The van der Waals surface area contributed by atoms with Crippen LogP contribution in [0.1, 0.15) is 28.8 Å². The molecule has 0 spiro atoms. The molecule has 0 atom stereocenters. The first-order chi connectivity index (χ1) is 13.3. The van der Waals surface area contributed by atoms with Crippen molar-refractivity contribution >= 4 is 11.6 Å². The molecule has 1 amide bonds. The number of benzene rings is 1. The van der Waals surface area contributed by atoms with Crippen LogP contribution in [0.25, 0.3) is 0 Å². The van der Waals surface area contributed by atoms with Gasteiger partial charge in [0.2, 0.25) is 5.88 Å². The molecule has 2 heterocycles. The first-order valence-electron chi connectivity index (χ1n) is 9.07. The van der Waals surface area contributed by atoms with Crippen molar-refractivity contribution in [3.63, 3.8) is 0 Å². The van der Waals surface area contributed by atoms with Gasteiger partial charge in [0.15, 0.2) is 6.61 Å². The number of anilines is 1. The van der Waals surface area contributed by atoms with Gasteiger partial charge in [-0.1, -0.05) is 18.2 Å². The van der Waals surface area contributed by atoms with Crippen molar-refractivity contribution in [1.29, 1.82) is 0 Å². The Labute approximate surface area is 161 Å². The van der Waals surface area contributed by atoms with Gasteiger partial charge in [0.1, 0.15) is 0 Å². The summed E-state index contributed by atoms with van der Waals surface area (Å²) in [7, 11) is 1.69. The third kappa shape index (κ3) is 5.15. The number of aromatic nitrogens is 1. The van der Waals surface area contributed by atoms with E-state index in [1.165, 1.54) is 18.3 Å². The molecule has 3 rings (SSSR count). The zero-order valence-electron chi connectivity index (χ0n) is 15.6. The minimum Gasteiger partial charge on any atom is -0.468 e. The van der Waals surface area contributed by atoms with Crippen LogP contribution in [0.15, 0.2) is 42.6 Å². The van der Waals surface area contributed by atoms with E-state index < -0.39 is 12.8 Å². The summed E-state index contributed by atoms with van der Waals surface area (Å²) in [5, 5.41) is 0. The standard InChI is InChI=1S/C20H22F3N3O2/c1-25(13-16-6-2-3-7-17(16)26-10-4-5-11-26)19(27)15-8-9-18(24-12-15)28-14-20(21,22)23/h2-3,6-9,12H,4-5,10-11,13-14H2,1H3. The lowest BCUT2D eigenvalue weighted by Crippen LogP contribution is -2.28. The van der Waals surface area contributed by atoms with Crippen molar-refractivity contribution in [2.75, 3.05) is 31.6 Å². The number of para-hydroxylation sites is 1. The lowest BCUT2D eigenvalue weighted by atomic mass is 10.1. The van der Waals surface area contributed by atoms with Gasteiger partial charge >= 0.3 is 6.18 Å². The largest absolute Gasteiger partial charge is 0.468 e. The molecule has 0 aliphatic carbocycles. The maximum Gasteiger partial charge on any atom is 0.422 e. The number of nitrogens with zero attached hydrogens (tertiary/aromatic N) is 3. The second kappa shape index (κ2) is 8.50. The van der Waals surface area contributed by atoms with Crippen LogP contribution in [0, 0.1) is 0 Å². The van der Waals surface area contributed by atoms with E-state index in [-0.39, 0.29) is 11.8 Å². The zero-order chi connectivity index (χ0) is 20.1. The van der Waals surface area contributed by atoms with E-state index in [2.05, 4.69) is 20.7 Å². The van der Waals surface area contributed by atoms with E-state index in [9.17, 15) is 18.0 Å². The summed E-state index contributed by atoms with van der Waals surface area (Å²) >= 11 is 0. The highest BCUT2D eigenvalue weighted by molar-refractivity contribution is 5.93. The summed E-state index contributed by atoms with van der Waals surface area (Å²) in [5.41, 5.74) is 2.48. The molecule has 1 aliphatic rings. The molecule has 2 aromatic rings. The molecule has 0 N–H and O–H groups in total. The van der Waals surface area contributed by atoms with E-state index in [0.717, 1.165) is 37.2 Å². The fourth-order valence-electron chi connectivity index (χ4n) is 3.21. The minimum absolute atomic E-state index is 0.170. The van der Waals surface area contributed by atoms with Gasteiger partial charge in [-0.25, -0.2) is 4.98 Å². The van der Waals surface area contributed by atoms with Crippen molar-refractivity contribution in [1.82, 2.24) is 9.88 Å². The smallest absolute Gasteiger partial charge is 0.422 e. The molecule has 5 nitrogen and oxygen atoms in total. The minimum atomic E-state index is -4.43. The molecule has 0 radical (unpaired) electrons. The number of rotatable bonds is 6. The molecule has 8 heteroatoms. The molecule has 0 saturated carbocycles. The van der Waals surface area contributed by atoms with Gasteiger partial charge in [-0.05, 0) is 30.5 Å². The van der Waals surface area contributed by atoms with Crippen molar-refractivity contribution in [3.05, 3.63) is 53.7 Å². The predicted octanol–water partition coefficient (Wildman–Crippen LogP) is 3.90. The van der Waals surface area contributed by atoms with Crippen LogP contribution in [0.5, 0.6) is 5.88 Å². The Morgan fingerprint density at radius 3 is 2.54 bits per heavy atom. The summed E-state index contributed by atoms with van der Waals surface area (Å²) in [6.07, 6.45) is -0.870. The molecule has 1 aromatic carbocycles. The zero-order valence-corrected chi connectivity index (χ0v) is 15.6. The molecular weight excluding hydrogens is 371 g/mol. The quantitative estimate of drug-likeness (QED) is 0.747. The Kier molecular flexibility index (Phi) is 6.06. The third-order valence-corrected chi connectivity index (χ3v) is 4.56. The van der Waals surface area contributed by atoms with Crippen LogP contribution >= 0.6 is 0 Å². The summed E-state index contributed by atoms with van der Waals surface area (Å²) in [6.45, 7) is 1.04. The molecule has 150 valence electrons. The van der Waals surface area contributed by atoms with Crippen LogP contribution in [0.2, 0.25) is 0 Å². The lowest BCUT2D eigenvalue weighted by Gasteiger charge is -2.24. The second-order valence-corrected chi connectivity index (χ2v) is 6.77. The predicted molar refractivity (Wildman–Crippen MR) is 99.5 cm³/mol. The van der Waals surface area contributed by atoms with Gasteiger partial charge in [-0.2, -0.15) is 13.2 Å². The Bertz CT molecular complexity index is 803. The number of halogens is 3. The number of ether oxygens (including phenoxy) is 1. The number of pyridine rings is 1. The average molecular weight is 393 g/mol. The Morgan fingerprint density at radius 2 is 1.89 bits per heavy atom. The van der Waals surface area contributed by atoms with Crippen LogP contribution in [0.3, 0.4) is 0 Å². The molecule has 1 aliphatic heterocycles. The number of alkyl halides is 3. The molecule has 1 saturated heterocycles. The van der Waals surface area contributed by atoms with Crippen LogP contribution in [-0.2, 0) is 6.54 Å². The maximum atomic E-state index is 12.7. The van der Waals surface area contributed by atoms with E-state index >= 15 is 0 Å². The Balaban J connectivity index is 1.65. The molecular formula is C20H22F3N3O2. The highest BCUT2D eigenvalue weighted by atomic mass is 19.4. The number of hydrogen-bond acceptors (Lipinski definition) is 4. The first-order valence-corrected chi connectivity index (χ1v) is 9.07. The lowest BCUT2D eigenvalue weighted by molar-refractivity contribution is -0.154.